The van der Waals surface area contributed by atoms with E-state index >= 15 is 0 Å². The highest BCUT2D eigenvalue weighted by Crippen LogP contribution is 2.23. The van der Waals surface area contributed by atoms with Crippen LogP contribution in [-0.4, -0.2) is 47.5 Å². The zero-order chi connectivity index (χ0) is 22.2. The molecular weight excluding hydrogens is 429 g/mol. The molecule has 1 aromatic heterocycles. The van der Waals surface area contributed by atoms with Crippen LogP contribution in [0.5, 0.6) is 0 Å². The number of carbonyl (C=O) groups excluding carboxylic acids is 1. The van der Waals surface area contributed by atoms with Gasteiger partial charge in [-0.3, -0.25) is 9.62 Å². The molecule has 1 amide bonds. The van der Waals surface area contributed by atoms with Gasteiger partial charge in [0, 0.05) is 13.1 Å². The summed E-state index contributed by atoms with van der Waals surface area (Å²) in [7, 11) is -2.54. The van der Waals surface area contributed by atoms with E-state index in [-0.39, 0.29) is 20.7 Å². The minimum atomic E-state index is -3.65. The summed E-state index contributed by atoms with van der Waals surface area (Å²) in [4.78, 5) is 25.6. The summed E-state index contributed by atoms with van der Waals surface area (Å²) < 4.78 is 67.1. The monoisotopic (exact) mass is 442 g/mol. The van der Waals surface area contributed by atoms with Crippen LogP contribution in [0, 0.1) is 17.5 Å². The summed E-state index contributed by atoms with van der Waals surface area (Å²) in [6, 6.07) is 4.79. The number of hydrogen-bond acceptors (Lipinski definition) is 6. The van der Waals surface area contributed by atoms with E-state index < -0.39 is 44.9 Å². The summed E-state index contributed by atoms with van der Waals surface area (Å²) in [6.45, 7) is 0. The molecule has 0 aliphatic carbocycles. The minimum absolute atomic E-state index is 0.0854. The van der Waals surface area contributed by atoms with E-state index in [4.69, 9.17) is 0 Å². The van der Waals surface area contributed by atoms with E-state index in [2.05, 4.69) is 15.1 Å². The summed E-state index contributed by atoms with van der Waals surface area (Å²) >= 11 is 0. The molecule has 1 N–H and O–H groups in total. The molecule has 0 radical (unpaired) electrons. The number of anilines is 2. The van der Waals surface area contributed by atoms with Gasteiger partial charge in [-0.05, 0) is 34.7 Å². The molecule has 3 aromatic rings. The Bertz CT molecular complexity index is 1280. The Morgan fingerprint density at radius 3 is 2.27 bits per heavy atom. The Morgan fingerprint density at radius 1 is 1.07 bits per heavy atom. The molecule has 3 rings (SSSR count). The first-order valence-electron chi connectivity index (χ1n) is 8.04. The molecule has 0 saturated carbocycles. The Labute approximate surface area is 167 Å². The van der Waals surface area contributed by atoms with Gasteiger partial charge in [-0.15, -0.1) is 4.68 Å². The van der Waals surface area contributed by atoms with E-state index in [1.165, 1.54) is 6.07 Å². The number of rotatable bonds is 4. The van der Waals surface area contributed by atoms with Crippen LogP contribution in [0.15, 0.2) is 41.2 Å². The number of para-hydroxylation sites is 1. The summed E-state index contributed by atoms with van der Waals surface area (Å²) in [5.74, 6) is -3.20. The molecule has 0 aliphatic rings. The van der Waals surface area contributed by atoms with Gasteiger partial charge in [-0.1, -0.05) is 6.07 Å². The highest BCUT2D eigenvalue weighted by molar-refractivity contribution is 7.92. The van der Waals surface area contributed by atoms with Crippen LogP contribution >= 0.6 is 0 Å². The topological polar surface area (TPSA) is 119 Å². The highest BCUT2D eigenvalue weighted by Gasteiger charge is 2.24. The Balaban J connectivity index is 1.95. The lowest BCUT2D eigenvalue weighted by Crippen LogP contribution is -2.39. The molecule has 0 fully saturated rings. The van der Waals surface area contributed by atoms with Crippen LogP contribution in [0.4, 0.5) is 29.3 Å². The van der Waals surface area contributed by atoms with Crippen molar-refractivity contribution >= 4 is 27.4 Å². The van der Waals surface area contributed by atoms with E-state index in [9.17, 15) is 31.2 Å². The van der Waals surface area contributed by atoms with Gasteiger partial charge in [0.25, 0.3) is 0 Å². The fraction of sp³-hybridized carbons (Fsp3) is 0.125. The molecular formula is C16H13F3N6O4S. The number of nitrogens with one attached hydrogen (secondary N) is 1. The number of nitrogens with zero attached hydrogens (tertiary/aromatic N) is 5. The van der Waals surface area contributed by atoms with Crippen molar-refractivity contribution in [2.75, 3.05) is 22.9 Å². The molecule has 0 unspecified atom stereocenters. The zero-order valence-corrected chi connectivity index (χ0v) is 16.2. The SMILES string of the molecule is CN(C(=O)n1nnn(-c2c(F)cccc2F)c1=O)c1ccc(NS(C)(=O)=O)cc1F. The minimum Gasteiger partial charge on any atom is -0.292 e. The van der Waals surface area contributed by atoms with E-state index in [0.717, 1.165) is 43.6 Å². The second kappa shape index (κ2) is 7.62. The van der Waals surface area contributed by atoms with Gasteiger partial charge < -0.3 is 0 Å². The maximum atomic E-state index is 14.4. The number of aromatic nitrogens is 4. The molecule has 2 aromatic carbocycles. The fourth-order valence-electron chi connectivity index (χ4n) is 2.50. The van der Waals surface area contributed by atoms with Gasteiger partial charge in [0.05, 0.1) is 17.6 Å². The number of tetrazole rings is 1. The van der Waals surface area contributed by atoms with Crippen LogP contribution in [0.2, 0.25) is 0 Å². The molecule has 30 heavy (non-hydrogen) atoms. The smallest absolute Gasteiger partial charge is 0.292 e. The second-order valence-electron chi connectivity index (χ2n) is 6.04. The molecule has 158 valence electrons. The molecule has 0 bridgehead atoms. The summed E-state index contributed by atoms with van der Waals surface area (Å²) in [6.07, 6.45) is 0.878. The van der Waals surface area contributed by atoms with Crippen LogP contribution in [-0.2, 0) is 10.0 Å². The average Bonchev–Trinajstić information content (AvgIpc) is 3.00. The van der Waals surface area contributed by atoms with E-state index in [1.807, 2.05) is 0 Å². The van der Waals surface area contributed by atoms with E-state index in [1.54, 1.807) is 0 Å². The lowest BCUT2D eigenvalue weighted by Gasteiger charge is -2.17. The summed E-state index contributed by atoms with van der Waals surface area (Å²) in [5.41, 5.74) is -2.52. The molecule has 0 aliphatic heterocycles. The first-order chi connectivity index (χ1) is 14.0. The van der Waals surface area contributed by atoms with Gasteiger partial charge in [-0.25, -0.2) is 31.2 Å². The first kappa shape index (κ1) is 21.0. The summed E-state index contributed by atoms with van der Waals surface area (Å²) in [5, 5.41) is 6.60. The average molecular weight is 442 g/mol. The number of benzene rings is 2. The van der Waals surface area contributed by atoms with Crippen LogP contribution in [0.3, 0.4) is 0 Å². The van der Waals surface area contributed by atoms with Crippen molar-refractivity contribution in [3.05, 3.63) is 64.3 Å². The number of amides is 1. The van der Waals surface area contributed by atoms with Gasteiger partial charge in [0.1, 0.15) is 11.5 Å². The van der Waals surface area contributed by atoms with Crippen LogP contribution in [0.1, 0.15) is 0 Å². The van der Waals surface area contributed by atoms with Crippen LogP contribution < -0.4 is 15.3 Å². The third kappa shape index (κ3) is 4.03. The van der Waals surface area contributed by atoms with Crippen molar-refractivity contribution < 1.29 is 26.4 Å². The lowest BCUT2D eigenvalue weighted by atomic mass is 10.2. The van der Waals surface area contributed by atoms with Gasteiger partial charge >= 0.3 is 11.7 Å². The quantitative estimate of drug-likeness (QED) is 0.609. The van der Waals surface area contributed by atoms with Gasteiger partial charge in [-0.2, -0.15) is 4.68 Å². The molecule has 14 heteroatoms. The molecule has 0 atom stereocenters. The maximum Gasteiger partial charge on any atom is 0.377 e. The van der Waals surface area contributed by atoms with Crippen molar-refractivity contribution in [3.63, 3.8) is 0 Å². The van der Waals surface area contributed by atoms with Crippen molar-refractivity contribution in [1.29, 1.82) is 0 Å². The van der Waals surface area contributed by atoms with E-state index in [0.29, 0.717) is 4.90 Å². The van der Waals surface area contributed by atoms with Crippen molar-refractivity contribution in [1.82, 2.24) is 19.8 Å². The predicted molar refractivity (Wildman–Crippen MR) is 99.6 cm³/mol. The Kier molecular flexibility index (Phi) is 5.35. The number of carbonyl (C=O) groups is 1. The number of hydrogen-bond donors (Lipinski definition) is 1. The maximum absolute atomic E-state index is 14.4. The highest BCUT2D eigenvalue weighted by atomic mass is 32.2. The number of sulfonamides is 1. The van der Waals surface area contributed by atoms with Crippen molar-refractivity contribution in [2.45, 2.75) is 0 Å². The van der Waals surface area contributed by atoms with Crippen LogP contribution in [0.25, 0.3) is 5.69 Å². The number of halogens is 3. The van der Waals surface area contributed by atoms with Gasteiger partial charge in [0.15, 0.2) is 11.6 Å². The van der Waals surface area contributed by atoms with Crippen molar-refractivity contribution in [3.8, 4) is 5.69 Å². The molecule has 0 saturated heterocycles. The fourth-order valence-corrected chi connectivity index (χ4v) is 3.05. The molecule has 10 nitrogen and oxygen atoms in total. The third-order valence-electron chi connectivity index (χ3n) is 3.81. The molecule has 1 heterocycles. The standard InChI is InChI=1S/C16H13F3N6O4S/c1-23(13-7-6-9(8-12(13)19)20-30(2,28)29)15(26)25-16(27)24(21-22-25)14-10(17)4-3-5-11(14)18/h3-8,20H,1-2H3. The largest absolute Gasteiger partial charge is 0.377 e. The Morgan fingerprint density at radius 2 is 1.70 bits per heavy atom. The Hall–Kier alpha value is -3.68. The predicted octanol–water partition coefficient (Wildman–Crippen LogP) is 1.32. The third-order valence-corrected chi connectivity index (χ3v) is 4.42. The lowest BCUT2D eigenvalue weighted by molar-refractivity contribution is 0.244. The first-order valence-corrected chi connectivity index (χ1v) is 9.93. The normalized spacial score (nSPS) is 11.4. The second-order valence-corrected chi connectivity index (χ2v) is 7.79. The van der Waals surface area contributed by atoms with Gasteiger partial charge in [0.2, 0.25) is 10.0 Å². The van der Waals surface area contributed by atoms with Crippen molar-refractivity contribution in [2.24, 2.45) is 0 Å². The zero-order valence-electron chi connectivity index (χ0n) is 15.4. The molecule has 0 spiro atoms.